The highest BCUT2D eigenvalue weighted by atomic mass is 16.4. The Morgan fingerprint density at radius 2 is 2.12 bits per heavy atom. The Kier molecular flexibility index (Phi) is 4.09. The maximum Gasteiger partial charge on any atom is 0.317 e. The third-order valence-corrected chi connectivity index (χ3v) is 3.38. The average molecular weight is 234 g/mol. The molecule has 0 unspecified atom stereocenters. The Labute approximate surface area is 101 Å². The molecule has 0 radical (unpaired) electrons. The lowest BCUT2D eigenvalue weighted by molar-refractivity contribution is -0.136. The average Bonchev–Trinajstić information content (AvgIpc) is 2.38. The fourth-order valence-corrected chi connectivity index (χ4v) is 2.44. The van der Waals surface area contributed by atoms with E-state index >= 15 is 0 Å². The maximum absolute atomic E-state index is 10.5. The number of carbonyl (C=O) groups is 1. The Hall–Kier alpha value is -1.42. The van der Waals surface area contributed by atoms with Crippen molar-refractivity contribution >= 4 is 5.97 Å². The van der Waals surface area contributed by atoms with Gasteiger partial charge in [0.05, 0.1) is 6.54 Å². The number of nitrogens with one attached hydrogen (secondary N) is 1. The first-order chi connectivity index (χ1) is 8.25. The molecule has 0 saturated heterocycles. The predicted octanol–water partition coefficient (Wildman–Crippen LogP) is 1.78. The second-order valence-electron chi connectivity index (χ2n) is 4.58. The molecule has 1 aromatic rings. The molecular formula is C13H18N2O2. The van der Waals surface area contributed by atoms with Crippen LogP contribution in [0.1, 0.15) is 37.3 Å². The monoisotopic (exact) mass is 234 g/mol. The summed E-state index contributed by atoms with van der Waals surface area (Å²) in [5, 5.41) is 11.7. The van der Waals surface area contributed by atoms with Crippen molar-refractivity contribution in [1.82, 2.24) is 10.3 Å². The van der Waals surface area contributed by atoms with Gasteiger partial charge in [0.15, 0.2) is 0 Å². The molecule has 1 aliphatic carbocycles. The normalized spacial score (nSPS) is 24.5. The van der Waals surface area contributed by atoms with Gasteiger partial charge in [0.2, 0.25) is 0 Å². The van der Waals surface area contributed by atoms with E-state index in [0.29, 0.717) is 12.0 Å². The number of carboxylic acid groups (broad SMARTS) is 1. The number of carboxylic acids is 1. The van der Waals surface area contributed by atoms with E-state index in [0.717, 1.165) is 25.7 Å². The predicted molar refractivity (Wildman–Crippen MR) is 64.9 cm³/mol. The van der Waals surface area contributed by atoms with E-state index in [1.807, 2.05) is 18.3 Å². The van der Waals surface area contributed by atoms with Crippen LogP contribution in [0, 0.1) is 0 Å². The van der Waals surface area contributed by atoms with E-state index in [1.165, 1.54) is 5.69 Å². The summed E-state index contributed by atoms with van der Waals surface area (Å²) in [5.41, 5.74) is 1.17. The third-order valence-electron chi connectivity index (χ3n) is 3.38. The molecule has 0 bridgehead atoms. The molecule has 1 heterocycles. The molecule has 0 atom stereocenters. The van der Waals surface area contributed by atoms with E-state index in [2.05, 4.69) is 16.4 Å². The molecule has 2 N–H and O–H groups in total. The van der Waals surface area contributed by atoms with Crippen LogP contribution in [-0.4, -0.2) is 28.6 Å². The Morgan fingerprint density at radius 1 is 1.35 bits per heavy atom. The van der Waals surface area contributed by atoms with Gasteiger partial charge in [-0.25, -0.2) is 0 Å². The van der Waals surface area contributed by atoms with Gasteiger partial charge < -0.3 is 10.4 Å². The summed E-state index contributed by atoms with van der Waals surface area (Å²) in [6.45, 7) is 0.0684. The zero-order valence-electron chi connectivity index (χ0n) is 9.80. The zero-order chi connectivity index (χ0) is 12.1. The maximum atomic E-state index is 10.5. The lowest BCUT2D eigenvalue weighted by atomic mass is 9.84. The van der Waals surface area contributed by atoms with Crippen LogP contribution in [0.25, 0.3) is 0 Å². The minimum absolute atomic E-state index is 0.0684. The Morgan fingerprint density at radius 3 is 2.71 bits per heavy atom. The first kappa shape index (κ1) is 12.0. The van der Waals surface area contributed by atoms with Crippen LogP contribution in [-0.2, 0) is 4.79 Å². The highest BCUT2D eigenvalue weighted by Gasteiger charge is 2.22. The first-order valence-corrected chi connectivity index (χ1v) is 6.12. The summed E-state index contributed by atoms with van der Waals surface area (Å²) in [5.74, 6) is -0.240. The van der Waals surface area contributed by atoms with Crippen LogP contribution in [0.3, 0.4) is 0 Å². The number of hydrogen-bond acceptors (Lipinski definition) is 3. The van der Waals surface area contributed by atoms with Gasteiger partial charge in [-0.1, -0.05) is 6.07 Å². The number of pyridine rings is 1. The smallest absolute Gasteiger partial charge is 0.317 e. The fraction of sp³-hybridized carbons (Fsp3) is 0.538. The summed E-state index contributed by atoms with van der Waals surface area (Å²) in [7, 11) is 0. The van der Waals surface area contributed by atoms with Crippen LogP contribution in [0.15, 0.2) is 24.4 Å². The third kappa shape index (κ3) is 3.53. The van der Waals surface area contributed by atoms with Gasteiger partial charge in [0.25, 0.3) is 0 Å². The van der Waals surface area contributed by atoms with Crippen molar-refractivity contribution in [2.75, 3.05) is 6.54 Å². The molecule has 1 saturated carbocycles. The Balaban J connectivity index is 1.80. The molecule has 4 nitrogen and oxygen atoms in total. The van der Waals surface area contributed by atoms with Gasteiger partial charge in [-0.3, -0.25) is 9.78 Å². The SMILES string of the molecule is O=C(O)CNC1CCC(c2ccccn2)CC1. The van der Waals surface area contributed by atoms with Gasteiger partial charge in [0, 0.05) is 23.9 Å². The molecule has 0 spiro atoms. The van der Waals surface area contributed by atoms with E-state index in [-0.39, 0.29) is 6.54 Å². The van der Waals surface area contributed by atoms with Crippen molar-refractivity contribution in [3.05, 3.63) is 30.1 Å². The van der Waals surface area contributed by atoms with Crippen molar-refractivity contribution in [2.24, 2.45) is 0 Å². The number of aliphatic carboxylic acids is 1. The lowest BCUT2D eigenvalue weighted by Crippen LogP contribution is -2.36. The van der Waals surface area contributed by atoms with Gasteiger partial charge in [-0.2, -0.15) is 0 Å². The molecule has 0 aliphatic heterocycles. The van der Waals surface area contributed by atoms with Crippen molar-refractivity contribution in [3.8, 4) is 0 Å². The van der Waals surface area contributed by atoms with E-state index in [4.69, 9.17) is 5.11 Å². The van der Waals surface area contributed by atoms with E-state index < -0.39 is 5.97 Å². The topological polar surface area (TPSA) is 62.2 Å². The molecule has 17 heavy (non-hydrogen) atoms. The summed E-state index contributed by atoms with van der Waals surface area (Å²) >= 11 is 0. The second-order valence-corrected chi connectivity index (χ2v) is 4.58. The largest absolute Gasteiger partial charge is 0.480 e. The van der Waals surface area contributed by atoms with Crippen LogP contribution < -0.4 is 5.32 Å². The zero-order valence-corrected chi connectivity index (χ0v) is 9.80. The summed E-state index contributed by atoms with van der Waals surface area (Å²) in [4.78, 5) is 14.8. The number of aromatic nitrogens is 1. The summed E-state index contributed by atoms with van der Waals surface area (Å²) in [6.07, 6.45) is 6.09. The molecule has 1 aliphatic rings. The van der Waals surface area contributed by atoms with Crippen LogP contribution in [0.2, 0.25) is 0 Å². The highest BCUT2D eigenvalue weighted by Crippen LogP contribution is 2.31. The fourth-order valence-electron chi connectivity index (χ4n) is 2.44. The minimum Gasteiger partial charge on any atom is -0.480 e. The van der Waals surface area contributed by atoms with Crippen LogP contribution in [0.4, 0.5) is 0 Å². The van der Waals surface area contributed by atoms with E-state index in [1.54, 1.807) is 0 Å². The number of rotatable bonds is 4. The van der Waals surface area contributed by atoms with Crippen molar-refractivity contribution in [3.63, 3.8) is 0 Å². The summed E-state index contributed by atoms with van der Waals surface area (Å²) < 4.78 is 0. The quantitative estimate of drug-likeness (QED) is 0.833. The summed E-state index contributed by atoms with van der Waals surface area (Å²) in [6, 6.07) is 6.39. The molecule has 1 fully saturated rings. The van der Waals surface area contributed by atoms with Crippen LogP contribution >= 0.6 is 0 Å². The molecule has 1 aromatic heterocycles. The minimum atomic E-state index is -0.781. The van der Waals surface area contributed by atoms with Gasteiger partial charge in [0.1, 0.15) is 0 Å². The first-order valence-electron chi connectivity index (χ1n) is 6.12. The standard InChI is InChI=1S/C13H18N2O2/c16-13(17)9-15-11-6-4-10(5-7-11)12-3-1-2-8-14-12/h1-3,8,10-11,15H,4-7,9H2,(H,16,17). The Bertz CT molecular complexity index is 359. The number of nitrogens with zero attached hydrogens (tertiary/aromatic N) is 1. The molecular weight excluding hydrogens is 216 g/mol. The molecule has 0 aromatic carbocycles. The van der Waals surface area contributed by atoms with Crippen molar-refractivity contribution in [2.45, 2.75) is 37.6 Å². The van der Waals surface area contributed by atoms with Crippen molar-refractivity contribution < 1.29 is 9.90 Å². The molecule has 0 amide bonds. The lowest BCUT2D eigenvalue weighted by Gasteiger charge is -2.28. The second kappa shape index (κ2) is 5.77. The van der Waals surface area contributed by atoms with Crippen molar-refractivity contribution in [1.29, 1.82) is 0 Å². The molecule has 92 valence electrons. The van der Waals surface area contributed by atoms with Gasteiger partial charge >= 0.3 is 5.97 Å². The van der Waals surface area contributed by atoms with Gasteiger partial charge in [-0.15, -0.1) is 0 Å². The molecule has 2 rings (SSSR count). The highest BCUT2D eigenvalue weighted by molar-refractivity contribution is 5.69. The van der Waals surface area contributed by atoms with E-state index in [9.17, 15) is 4.79 Å². The van der Waals surface area contributed by atoms with Gasteiger partial charge in [-0.05, 0) is 37.8 Å². The molecule has 4 heteroatoms. The van der Waals surface area contributed by atoms with Crippen LogP contribution in [0.5, 0.6) is 0 Å². The number of hydrogen-bond donors (Lipinski definition) is 2.